The molecule has 3 nitrogen and oxygen atoms in total. The van der Waals surface area contributed by atoms with E-state index in [0.717, 1.165) is 10.9 Å². The quantitative estimate of drug-likeness (QED) is 0.802. The fourth-order valence-corrected chi connectivity index (χ4v) is 1.67. The van der Waals surface area contributed by atoms with Crippen molar-refractivity contribution >= 4 is 28.4 Å². The van der Waals surface area contributed by atoms with Crippen molar-refractivity contribution in [2.75, 3.05) is 0 Å². The molecule has 0 spiro atoms. The molecular weight excluding hydrogens is 212 g/mol. The van der Waals surface area contributed by atoms with E-state index in [1.807, 2.05) is 6.07 Å². The van der Waals surface area contributed by atoms with Crippen molar-refractivity contribution in [2.24, 2.45) is 5.73 Å². The van der Waals surface area contributed by atoms with E-state index < -0.39 is 5.91 Å². The minimum Gasteiger partial charge on any atom is -0.366 e. The van der Waals surface area contributed by atoms with Crippen LogP contribution in [0, 0.1) is 6.92 Å². The third kappa shape index (κ3) is 1.78. The number of benzene rings is 1. The van der Waals surface area contributed by atoms with Crippen LogP contribution in [0.5, 0.6) is 0 Å². The maximum atomic E-state index is 11.1. The number of rotatable bonds is 1. The molecule has 0 bridgehead atoms. The van der Waals surface area contributed by atoms with E-state index in [0.29, 0.717) is 16.3 Å². The van der Waals surface area contributed by atoms with Crippen LogP contribution in [0.1, 0.15) is 16.1 Å². The summed E-state index contributed by atoms with van der Waals surface area (Å²) in [6.45, 7) is 1.76. The number of hydrogen-bond donors (Lipinski definition) is 1. The molecule has 1 aromatic heterocycles. The Balaban J connectivity index is 2.77. The molecule has 15 heavy (non-hydrogen) atoms. The Labute approximate surface area is 91.9 Å². The second-order valence-electron chi connectivity index (χ2n) is 3.32. The van der Waals surface area contributed by atoms with E-state index in [2.05, 4.69) is 4.98 Å². The van der Waals surface area contributed by atoms with E-state index >= 15 is 0 Å². The lowest BCUT2D eigenvalue weighted by Crippen LogP contribution is -2.13. The summed E-state index contributed by atoms with van der Waals surface area (Å²) in [6, 6.07) is 7.05. The van der Waals surface area contributed by atoms with E-state index in [4.69, 9.17) is 17.3 Å². The van der Waals surface area contributed by atoms with Crippen molar-refractivity contribution in [2.45, 2.75) is 6.92 Å². The Hall–Kier alpha value is -1.61. The van der Waals surface area contributed by atoms with Gasteiger partial charge in [0.2, 0.25) is 0 Å². The molecule has 0 unspecified atom stereocenters. The van der Waals surface area contributed by atoms with Gasteiger partial charge >= 0.3 is 0 Å². The molecule has 0 fully saturated rings. The molecule has 2 N–H and O–H groups in total. The summed E-state index contributed by atoms with van der Waals surface area (Å²) in [5, 5.41) is 1.44. The number of nitrogens with two attached hydrogens (primary N) is 1. The van der Waals surface area contributed by atoms with Crippen molar-refractivity contribution in [3.8, 4) is 0 Å². The van der Waals surface area contributed by atoms with Gasteiger partial charge in [-0.1, -0.05) is 11.6 Å². The predicted molar refractivity (Wildman–Crippen MR) is 60.0 cm³/mol. The monoisotopic (exact) mass is 220 g/mol. The standard InChI is InChI=1S/C11H9ClN2O/c1-6-9(11(13)15)5-7-4-8(12)2-3-10(7)14-6/h2-5H,1H3,(H2,13,15). The average Bonchev–Trinajstić information content (AvgIpc) is 2.17. The number of aryl methyl sites for hydroxylation is 1. The van der Waals surface area contributed by atoms with Crippen molar-refractivity contribution in [3.63, 3.8) is 0 Å². The summed E-state index contributed by atoms with van der Waals surface area (Å²) >= 11 is 5.85. The lowest BCUT2D eigenvalue weighted by atomic mass is 10.1. The first-order valence-corrected chi connectivity index (χ1v) is 4.82. The normalized spacial score (nSPS) is 10.5. The van der Waals surface area contributed by atoms with Crippen LogP contribution in [0.25, 0.3) is 10.9 Å². The van der Waals surface area contributed by atoms with Crippen molar-refractivity contribution in [1.29, 1.82) is 0 Å². The maximum Gasteiger partial charge on any atom is 0.250 e. The second kappa shape index (κ2) is 3.51. The van der Waals surface area contributed by atoms with Crippen LogP contribution in [0.4, 0.5) is 0 Å². The third-order valence-electron chi connectivity index (χ3n) is 2.23. The van der Waals surface area contributed by atoms with Gasteiger partial charge in [-0.2, -0.15) is 0 Å². The number of carbonyl (C=O) groups is 1. The Morgan fingerprint density at radius 3 is 2.80 bits per heavy atom. The first-order valence-electron chi connectivity index (χ1n) is 4.44. The van der Waals surface area contributed by atoms with Gasteiger partial charge in [-0.15, -0.1) is 0 Å². The van der Waals surface area contributed by atoms with E-state index in [1.165, 1.54) is 0 Å². The van der Waals surface area contributed by atoms with E-state index in [-0.39, 0.29) is 0 Å². The minimum atomic E-state index is -0.470. The molecule has 0 aliphatic carbocycles. The number of nitrogens with zero attached hydrogens (tertiary/aromatic N) is 1. The average molecular weight is 221 g/mol. The van der Waals surface area contributed by atoms with Crippen LogP contribution < -0.4 is 5.73 Å². The van der Waals surface area contributed by atoms with Crippen molar-refractivity contribution in [1.82, 2.24) is 4.98 Å². The van der Waals surface area contributed by atoms with Crippen LogP contribution in [0.2, 0.25) is 5.02 Å². The molecule has 0 aliphatic heterocycles. The molecular formula is C11H9ClN2O. The van der Waals surface area contributed by atoms with Gasteiger partial charge in [0, 0.05) is 10.4 Å². The molecule has 1 aromatic carbocycles. The van der Waals surface area contributed by atoms with Gasteiger partial charge in [-0.25, -0.2) is 0 Å². The summed E-state index contributed by atoms with van der Waals surface area (Å²) in [5.41, 5.74) is 7.11. The van der Waals surface area contributed by atoms with Crippen LogP contribution in [0.15, 0.2) is 24.3 Å². The fourth-order valence-electron chi connectivity index (χ4n) is 1.49. The zero-order valence-corrected chi connectivity index (χ0v) is 8.88. The highest BCUT2D eigenvalue weighted by Gasteiger charge is 2.07. The molecule has 0 saturated heterocycles. The zero-order chi connectivity index (χ0) is 11.0. The van der Waals surface area contributed by atoms with Gasteiger partial charge in [0.15, 0.2) is 0 Å². The third-order valence-corrected chi connectivity index (χ3v) is 2.47. The second-order valence-corrected chi connectivity index (χ2v) is 3.76. The first-order chi connectivity index (χ1) is 7.08. The SMILES string of the molecule is Cc1nc2ccc(Cl)cc2cc1C(N)=O. The van der Waals surface area contributed by atoms with Crippen LogP contribution in [-0.4, -0.2) is 10.9 Å². The largest absolute Gasteiger partial charge is 0.366 e. The number of amides is 1. The van der Waals surface area contributed by atoms with Crippen LogP contribution in [0.3, 0.4) is 0 Å². The topological polar surface area (TPSA) is 56.0 Å². The molecule has 4 heteroatoms. The fraction of sp³-hybridized carbons (Fsp3) is 0.0909. The molecule has 1 amide bonds. The molecule has 2 aromatic rings. The summed E-state index contributed by atoms with van der Waals surface area (Å²) in [6.07, 6.45) is 0. The highest BCUT2D eigenvalue weighted by Crippen LogP contribution is 2.20. The highest BCUT2D eigenvalue weighted by molar-refractivity contribution is 6.31. The first kappa shape index (κ1) is 9.93. The Kier molecular flexibility index (Phi) is 2.32. The molecule has 0 radical (unpaired) electrons. The van der Waals surface area contributed by atoms with Crippen LogP contribution >= 0.6 is 11.6 Å². The number of hydrogen-bond acceptors (Lipinski definition) is 2. The lowest BCUT2D eigenvalue weighted by Gasteiger charge is -2.04. The lowest BCUT2D eigenvalue weighted by molar-refractivity contribution is 0.0999. The Morgan fingerprint density at radius 2 is 2.13 bits per heavy atom. The minimum absolute atomic E-state index is 0.435. The molecule has 0 aliphatic rings. The molecule has 0 atom stereocenters. The van der Waals surface area contributed by atoms with Gasteiger partial charge in [0.1, 0.15) is 0 Å². The summed E-state index contributed by atoms with van der Waals surface area (Å²) in [5.74, 6) is -0.470. The zero-order valence-electron chi connectivity index (χ0n) is 8.12. The number of halogens is 1. The Bertz CT molecular complexity index is 552. The van der Waals surface area contributed by atoms with E-state index in [1.54, 1.807) is 25.1 Å². The van der Waals surface area contributed by atoms with Gasteiger partial charge in [0.25, 0.3) is 5.91 Å². The number of pyridine rings is 1. The van der Waals surface area contributed by atoms with Crippen molar-refractivity contribution in [3.05, 3.63) is 40.5 Å². The molecule has 2 rings (SSSR count). The summed E-state index contributed by atoms with van der Waals surface area (Å²) < 4.78 is 0. The highest BCUT2D eigenvalue weighted by atomic mass is 35.5. The maximum absolute atomic E-state index is 11.1. The molecule has 0 saturated carbocycles. The van der Waals surface area contributed by atoms with Crippen LogP contribution in [-0.2, 0) is 0 Å². The summed E-state index contributed by atoms with van der Waals surface area (Å²) in [4.78, 5) is 15.4. The molecule has 1 heterocycles. The van der Waals surface area contributed by atoms with Gasteiger partial charge in [-0.05, 0) is 31.2 Å². The number of aromatic nitrogens is 1. The van der Waals surface area contributed by atoms with Crippen molar-refractivity contribution < 1.29 is 4.79 Å². The van der Waals surface area contributed by atoms with Gasteiger partial charge < -0.3 is 5.73 Å². The van der Waals surface area contributed by atoms with E-state index in [9.17, 15) is 4.79 Å². The Morgan fingerprint density at radius 1 is 1.40 bits per heavy atom. The number of primary amides is 1. The summed E-state index contributed by atoms with van der Waals surface area (Å²) in [7, 11) is 0. The van der Waals surface area contributed by atoms with Gasteiger partial charge in [0.05, 0.1) is 16.8 Å². The smallest absolute Gasteiger partial charge is 0.250 e. The number of carbonyl (C=O) groups excluding carboxylic acids is 1. The predicted octanol–water partition coefficient (Wildman–Crippen LogP) is 2.30. The molecule has 76 valence electrons. The number of fused-ring (bicyclic) bond motifs is 1. The van der Waals surface area contributed by atoms with Gasteiger partial charge in [-0.3, -0.25) is 9.78 Å².